The molecule has 3 aromatic rings. The van der Waals surface area contributed by atoms with E-state index in [2.05, 4.69) is 17.7 Å². The molecule has 0 amide bonds. The summed E-state index contributed by atoms with van der Waals surface area (Å²) in [6.07, 6.45) is 1.16. The van der Waals surface area contributed by atoms with E-state index in [1.54, 1.807) is 0 Å². The number of rotatable bonds is 6. The summed E-state index contributed by atoms with van der Waals surface area (Å²) in [5.41, 5.74) is -0.252. The quantitative estimate of drug-likeness (QED) is 0.180. The minimum absolute atomic E-state index is 0.0149. The lowest BCUT2D eigenvalue weighted by molar-refractivity contribution is -0.187. The Balaban J connectivity index is 1.65. The van der Waals surface area contributed by atoms with E-state index >= 15 is 4.39 Å². The minimum atomic E-state index is -4.43. The van der Waals surface area contributed by atoms with E-state index in [4.69, 9.17) is 11.6 Å². The van der Waals surface area contributed by atoms with E-state index in [9.17, 15) is 26.3 Å². The predicted octanol–water partition coefficient (Wildman–Crippen LogP) is 9.00. The summed E-state index contributed by atoms with van der Waals surface area (Å²) >= 11 is 5.43. The summed E-state index contributed by atoms with van der Waals surface area (Å²) in [7, 11) is 0. The van der Waals surface area contributed by atoms with Crippen LogP contribution < -0.4 is 4.74 Å². The monoisotopic (exact) mass is 516 g/mol. The third-order valence-corrected chi connectivity index (χ3v) is 6.47. The van der Waals surface area contributed by atoms with Crippen molar-refractivity contribution in [2.45, 2.75) is 45.1 Å². The second-order valence-electron chi connectivity index (χ2n) is 8.75. The summed E-state index contributed by atoms with van der Waals surface area (Å²) in [4.78, 5) is 0. The van der Waals surface area contributed by atoms with Crippen molar-refractivity contribution in [3.63, 3.8) is 0 Å². The Bertz CT molecular complexity index is 1300. The third kappa shape index (κ3) is 5.13. The lowest BCUT2D eigenvalue weighted by Crippen LogP contribution is -2.24. The molecule has 0 N–H and O–H groups in total. The zero-order chi connectivity index (χ0) is 25.5. The predicted molar refractivity (Wildman–Crippen MR) is 119 cm³/mol. The molecular weight excluding hydrogens is 497 g/mol. The fraction of sp³-hybridized carbons (Fsp3) is 0.308. The zero-order valence-electron chi connectivity index (χ0n) is 18.5. The summed E-state index contributed by atoms with van der Waals surface area (Å²) in [5.74, 6) is -7.96. The molecule has 1 aliphatic carbocycles. The fourth-order valence-corrected chi connectivity index (χ4v) is 4.38. The van der Waals surface area contributed by atoms with Crippen molar-refractivity contribution in [1.29, 1.82) is 0 Å². The van der Waals surface area contributed by atoms with Crippen LogP contribution in [0.25, 0.3) is 10.8 Å². The normalized spacial score (nSPS) is 16.5. The van der Waals surface area contributed by atoms with Crippen molar-refractivity contribution in [2.75, 3.05) is 0 Å². The van der Waals surface area contributed by atoms with Crippen LogP contribution in [0.4, 0.5) is 30.7 Å². The maximum atomic E-state index is 15.0. The first kappa shape index (κ1) is 25.4. The molecule has 1 unspecified atom stereocenters. The van der Waals surface area contributed by atoms with Crippen molar-refractivity contribution in [1.82, 2.24) is 0 Å². The Morgan fingerprint density at radius 2 is 1.69 bits per heavy atom. The molecule has 1 atom stereocenters. The lowest BCUT2D eigenvalue weighted by Gasteiger charge is -2.20. The Kier molecular flexibility index (Phi) is 7.04. The Labute approximate surface area is 202 Å². The van der Waals surface area contributed by atoms with Gasteiger partial charge >= 0.3 is 6.11 Å². The molecule has 0 aromatic heterocycles. The molecule has 3 aromatic carbocycles. The van der Waals surface area contributed by atoms with Crippen LogP contribution in [0.15, 0.2) is 42.0 Å². The smallest absolute Gasteiger partial charge is 0.429 e. The molecular formula is C26H20ClF7O. The van der Waals surface area contributed by atoms with Crippen molar-refractivity contribution in [3.8, 4) is 5.75 Å². The van der Waals surface area contributed by atoms with Crippen LogP contribution in [0.2, 0.25) is 5.02 Å². The van der Waals surface area contributed by atoms with Crippen LogP contribution in [-0.4, -0.2) is 0 Å². The molecule has 186 valence electrons. The molecule has 1 aliphatic rings. The highest BCUT2D eigenvalue weighted by Gasteiger charge is 2.39. The van der Waals surface area contributed by atoms with Gasteiger partial charge in [-0.15, -0.1) is 0 Å². The van der Waals surface area contributed by atoms with Crippen LogP contribution in [0.1, 0.15) is 43.7 Å². The van der Waals surface area contributed by atoms with Gasteiger partial charge in [-0.2, -0.15) is 8.78 Å². The van der Waals surface area contributed by atoms with Crippen molar-refractivity contribution < 1.29 is 35.5 Å². The van der Waals surface area contributed by atoms with E-state index in [-0.39, 0.29) is 17.4 Å². The second kappa shape index (κ2) is 9.72. The highest BCUT2D eigenvalue weighted by molar-refractivity contribution is 6.30. The van der Waals surface area contributed by atoms with Gasteiger partial charge in [0.25, 0.3) is 0 Å². The number of alkyl halides is 2. The average molecular weight is 517 g/mol. The van der Waals surface area contributed by atoms with Crippen LogP contribution in [-0.2, 0) is 12.5 Å². The number of hydrogen-bond donors (Lipinski definition) is 0. The highest BCUT2D eigenvalue weighted by Crippen LogP contribution is 2.39. The van der Waals surface area contributed by atoms with Gasteiger partial charge in [0, 0.05) is 12.1 Å². The maximum absolute atomic E-state index is 15.0. The van der Waals surface area contributed by atoms with Gasteiger partial charge in [0.1, 0.15) is 17.1 Å². The summed E-state index contributed by atoms with van der Waals surface area (Å²) in [6.45, 7) is 2.14. The first-order valence-corrected chi connectivity index (χ1v) is 11.3. The molecule has 0 radical (unpaired) electrons. The van der Waals surface area contributed by atoms with Crippen molar-refractivity contribution in [2.24, 2.45) is 5.92 Å². The summed E-state index contributed by atoms with van der Waals surface area (Å²) in [5, 5.41) is -1.88. The van der Waals surface area contributed by atoms with Crippen LogP contribution >= 0.6 is 11.6 Å². The SMILES string of the molecule is CC1CC=C(CCc2cc3ccc(C(F)(F)Oc4cc(F)c(F)c(Cl)c4)c(F)c3c(F)c2F)CC1. The first-order chi connectivity index (χ1) is 16.5. The standard InChI is InChI=1S/C26H20ClF7O/c1-13-2-4-14(5-3-13)6-7-16-10-15-8-9-18(23(30)21(15)25(32)22(16)29)26(33,34)35-17-11-19(27)24(31)20(28)12-17/h4,8-13H,2-3,5-7H2,1H3. The van der Waals surface area contributed by atoms with Crippen molar-refractivity contribution in [3.05, 3.63) is 87.2 Å². The number of halogens is 8. The van der Waals surface area contributed by atoms with Gasteiger partial charge in [-0.3, -0.25) is 0 Å². The molecule has 0 heterocycles. The summed E-state index contributed by atoms with van der Waals surface area (Å²) < 4.78 is 105. The second-order valence-corrected chi connectivity index (χ2v) is 9.16. The molecule has 0 saturated heterocycles. The Hall–Kier alpha value is -2.74. The number of allylic oxidation sites excluding steroid dienone is 2. The van der Waals surface area contributed by atoms with Crippen LogP contribution in [0, 0.1) is 35.0 Å². The van der Waals surface area contributed by atoms with Gasteiger partial charge in [-0.25, -0.2) is 22.0 Å². The Morgan fingerprint density at radius 1 is 0.943 bits per heavy atom. The van der Waals surface area contributed by atoms with E-state index < -0.39 is 56.9 Å². The van der Waals surface area contributed by atoms with Crippen molar-refractivity contribution >= 4 is 22.4 Å². The van der Waals surface area contributed by atoms with Gasteiger partial charge in [0.2, 0.25) is 0 Å². The molecule has 0 bridgehead atoms. The fourth-order valence-electron chi connectivity index (χ4n) is 4.18. The number of hydrogen-bond acceptors (Lipinski definition) is 1. The van der Waals surface area contributed by atoms with E-state index in [0.717, 1.165) is 30.9 Å². The molecule has 9 heteroatoms. The van der Waals surface area contributed by atoms with Gasteiger partial charge in [0.05, 0.1) is 10.4 Å². The number of aryl methyl sites for hydroxylation is 1. The topological polar surface area (TPSA) is 9.23 Å². The summed E-state index contributed by atoms with van der Waals surface area (Å²) in [6, 6.07) is 3.83. The van der Waals surface area contributed by atoms with E-state index in [1.807, 2.05) is 0 Å². The van der Waals surface area contributed by atoms with Gasteiger partial charge in [0.15, 0.2) is 23.3 Å². The molecule has 35 heavy (non-hydrogen) atoms. The molecule has 1 nitrogen and oxygen atoms in total. The number of benzene rings is 3. The molecule has 0 fully saturated rings. The van der Waals surface area contributed by atoms with Gasteiger partial charge < -0.3 is 4.74 Å². The Morgan fingerprint density at radius 3 is 2.34 bits per heavy atom. The molecule has 4 rings (SSSR count). The maximum Gasteiger partial charge on any atom is 0.429 e. The number of ether oxygens (including phenoxy) is 1. The first-order valence-electron chi connectivity index (χ1n) is 11.0. The highest BCUT2D eigenvalue weighted by atomic mass is 35.5. The van der Waals surface area contributed by atoms with Gasteiger partial charge in [-0.1, -0.05) is 36.2 Å². The number of fused-ring (bicyclic) bond motifs is 1. The zero-order valence-corrected chi connectivity index (χ0v) is 19.3. The molecule has 0 spiro atoms. The van der Waals surface area contributed by atoms with Crippen LogP contribution in [0.5, 0.6) is 5.75 Å². The van der Waals surface area contributed by atoms with Crippen LogP contribution in [0.3, 0.4) is 0 Å². The minimum Gasteiger partial charge on any atom is -0.429 e. The molecule has 0 saturated carbocycles. The largest absolute Gasteiger partial charge is 0.429 e. The van der Waals surface area contributed by atoms with E-state index in [1.165, 1.54) is 6.07 Å². The molecule has 0 aliphatic heterocycles. The van der Waals surface area contributed by atoms with E-state index in [0.29, 0.717) is 30.5 Å². The third-order valence-electron chi connectivity index (χ3n) is 6.20. The van der Waals surface area contributed by atoms with Gasteiger partial charge in [-0.05, 0) is 61.1 Å². The average Bonchev–Trinajstić information content (AvgIpc) is 2.79. The lowest BCUT2D eigenvalue weighted by atomic mass is 9.88.